The summed E-state index contributed by atoms with van der Waals surface area (Å²) >= 11 is 0. The van der Waals surface area contributed by atoms with Gasteiger partial charge < -0.3 is 4.84 Å². The quantitative estimate of drug-likeness (QED) is 0.574. The number of nitro groups is 1. The number of carbonyl (C=O) groups excluding carboxylic acids is 1. The zero-order chi connectivity index (χ0) is 17.6. The smallest absolute Gasteiger partial charge is 0.363 e. The molecule has 2 aliphatic rings. The van der Waals surface area contributed by atoms with Gasteiger partial charge >= 0.3 is 5.97 Å². The Morgan fingerprint density at radius 2 is 1.48 bits per heavy atom. The Hall–Kier alpha value is -1.95. The SMILES string of the molecule is O=C(ON(C1CCCCC1)C1CCCCC1)c1ccccc1[N+](=O)[O-]. The molecule has 2 aliphatic carbocycles. The van der Waals surface area contributed by atoms with Gasteiger partial charge in [0.25, 0.3) is 5.69 Å². The Kier molecular flexibility index (Phi) is 6.02. The average Bonchev–Trinajstić information content (AvgIpc) is 2.67. The first-order valence-electron chi connectivity index (χ1n) is 9.41. The monoisotopic (exact) mass is 346 g/mol. The van der Waals surface area contributed by atoms with Crippen LogP contribution in [0.5, 0.6) is 0 Å². The highest BCUT2D eigenvalue weighted by Crippen LogP contribution is 2.31. The third-order valence-corrected chi connectivity index (χ3v) is 5.38. The minimum atomic E-state index is -0.608. The molecule has 0 bridgehead atoms. The van der Waals surface area contributed by atoms with Gasteiger partial charge in [-0.1, -0.05) is 50.7 Å². The van der Waals surface area contributed by atoms with Crippen LogP contribution in [0.2, 0.25) is 0 Å². The molecule has 0 amide bonds. The van der Waals surface area contributed by atoms with Crippen molar-refractivity contribution in [3.05, 3.63) is 39.9 Å². The maximum absolute atomic E-state index is 12.7. The van der Waals surface area contributed by atoms with Crippen molar-refractivity contribution in [3.8, 4) is 0 Å². The van der Waals surface area contributed by atoms with Gasteiger partial charge in [-0.25, -0.2) is 4.79 Å². The van der Waals surface area contributed by atoms with Crippen LogP contribution in [-0.2, 0) is 4.84 Å². The van der Waals surface area contributed by atoms with Crippen molar-refractivity contribution in [3.63, 3.8) is 0 Å². The molecule has 136 valence electrons. The Morgan fingerprint density at radius 1 is 0.960 bits per heavy atom. The van der Waals surface area contributed by atoms with Crippen LogP contribution in [0, 0.1) is 10.1 Å². The number of benzene rings is 1. The van der Waals surface area contributed by atoms with Crippen LogP contribution in [0.4, 0.5) is 5.69 Å². The third-order valence-electron chi connectivity index (χ3n) is 5.38. The summed E-state index contributed by atoms with van der Waals surface area (Å²) in [6.07, 6.45) is 11.2. The van der Waals surface area contributed by atoms with Gasteiger partial charge in [-0.3, -0.25) is 10.1 Å². The molecule has 6 nitrogen and oxygen atoms in total. The molecule has 0 radical (unpaired) electrons. The summed E-state index contributed by atoms with van der Waals surface area (Å²) in [5.74, 6) is -0.608. The molecule has 6 heteroatoms. The number of rotatable bonds is 5. The fourth-order valence-electron chi connectivity index (χ4n) is 4.07. The van der Waals surface area contributed by atoms with E-state index in [0.717, 1.165) is 51.4 Å². The van der Waals surface area contributed by atoms with Crippen molar-refractivity contribution in [1.29, 1.82) is 0 Å². The predicted octanol–water partition coefficient (Wildman–Crippen LogP) is 4.63. The van der Waals surface area contributed by atoms with E-state index >= 15 is 0 Å². The number of nitro benzene ring substituents is 1. The molecule has 0 saturated heterocycles. The molecule has 2 saturated carbocycles. The molecular formula is C19H26N2O4. The second kappa shape index (κ2) is 8.43. The number of nitrogens with zero attached hydrogens (tertiary/aromatic N) is 2. The highest BCUT2D eigenvalue weighted by atomic mass is 16.7. The van der Waals surface area contributed by atoms with Crippen molar-refractivity contribution < 1.29 is 14.6 Å². The van der Waals surface area contributed by atoms with Gasteiger partial charge in [-0.05, 0) is 31.7 Å². The lowest BCUT2D eigenvalue weighted by molar-refractivity contribution is -0.385. The van der Waals surface area contributed by atoms with Crippen LogP contribution in [0.25, 0.3) is 0 Å². The standard InChI is InChI=1S/C19H26N2O4/c22-19(17-13-7-8-14-18(17)21(23)24)25-20(15-9-3-1-4-10-15)16-11-5-2-6-12-16/h7-8,13-16H,1-6,9-12H2. The molecule has 0 aromatic heterocycles. The molecule has 0 heterocycles. The molecule has 2 fully saturated rings. The summed E-state index contributed by atoms with van der Waals surface area (Å²) in [5, 5.41) is 13.1. The zero-order valence-electron chi connectivity index (χ0n) is 14.6. The van der Waals surface area contributed by atoms with Gasteiger partial charge in [0.1, 0.15) is 5.56 Å². The summed E-state index contributed by atoms with van der Waals surface area (Å²) in [6, 6.07) is 6.50. The maximum atomic E-state index is 12.7. The molecule has 1 aromatic rings. The van der Waals surface area contributed by atoms with Crippen molar-refractivity contribution in [2.75, 3.05) is 0 Å². The average molecular weight is 346 g/mol. The number of hydrogen-bond donors (Lipinski definition) is 0. The Labute approximate surface area is 148 Å². The Morgan fingerprint density at radius 3 is 2.00 bits per heavy atom. The third kappa shape index (κ3) is 4.37. The second-order valence-corrected chi connectivity index (χ2v) is 7.10. The molecule has 0 N–H and O–H groups in total. The van der Waals surface area contributed by atoms with Gasteiger partial charge in [-0.2, -0.15) is 0 Å². The van der Waals surface area contributed by atoms with E-state index in [-0.39, 0.29) is 23.3 Å². The van der Waals surface area contributed by atoms with Crippen molar-refractivity contribution in [2.24, 2.45) is 0 Å². The topological polar surface area (TPSA) is 72.7 Å². The number of carbonyl (C=O) groups is 1. The second-order valence-electron chi connectivity index (χ2n) is 7.10. The van der Waals surface area contributed by atoms with Gasteiger partial charge in [0, 0.05) is 18.2 Å². The van der Waals surface area contributed by atoms with Crippen LogP contribution in [0.3, 0.4) is 0 Å². The fourth-order valence-corrected chi connectivity index (χ4v) is 4.07. The lowest BCUT2D eigenvalue weighted by atomic mass is 9.90. The lowest BCUT2D eigenvalue weighted by Gasteiger charge is -2.39. The largest absolute Gasteiger partial charge is 0.364 e. The van der Waals surface area contributed by atoms with E-state index < -0.39 is 10.9 Å². The normalized spacial score (nSPS) is 19.7. The molecule has 3 rings (SSSR count). The van der Waals surface area contributed by atoms with Crippen molar-refractivity contribution in [2.45, 2.75) is 76.3 Å². The summed E-state index contributed by atoms with van der Waals surface area (Å²) in [6.45, 7) is 0. The number of hydroxylamine groups is 2. The van der Waals surface area contributed by atoms with Gasteiger partial charge in [0.15, 0.2) is 0 Å². The van der Waals surface area contributed by atoms with E-state index in [4.69, 9.17) is 4.84 Å². The highest BCUT2D eigenvalue weighted by molar-refractivity contribution is 5.93. The molecule has 0 aliphatic heterocycles. The van der Waals surface area contributed by atoms with Crippen LogP contribution >= 0.6 is 0 Å². The lowest BCUT2D eigenvalue weighted by Crippen LogP contribution is -2.46. The Balaban J connectivity index is 1.79. The summed E-state index contributed by atoms with van der Waals surface area (Å²) < 4.78 is 0. The summed E-state index contributed by atoms with van der Waals surface area (Å²) in [5.41, 5.74) is -0.163. The Bertz CT molecular complexity index is 589. The van der Waals surface area contributed by atoms with Crippen LogP contribution in [-0.4, -0.2) is 28.0 Å². The van der Waals surface area contributed by atoms with Crippen molar-refractivity contribution >= 4 is 11.7 Å². The van der Waals surface area contributed by atoms with E-state index in [9.17, 15) is 14.9 Å². The molecule has 0 unspecified atom stereocenters. The molecule has 25 heavy (non-hydrogen) atoms. The van der Waals surface area contributed by atoms with E-state index in [1.54, 1.807) is 12.1 Å². The minimum Gasteiger partial charge on any atom is -0.363 e. The van der Waals surface area contributed by atoms with Gasteiger partial charge in [-0.15, -0.1) is 5.06 Å². The molecule has 1 aromatic carbocycles. The van der Waals surface area contributed by atoms with Crippen LogP contribution in [0.15, 0.2) is 24.3 Å². The van der Waals surface area contributed by atoms with Crippen LogP contribution < -0.4 is 0 Å². The van der Waals surface area contributed by atoms with E-state index in [2.05, 4.69) is 0 Å². The van der Waals surface area contributed by atoms with Gasteiger partial charge in [0.2, 0.25) is 0 Å². The van der Waals surface area contributed by atoms with Crippen LogP contribution in [0.1, 0.15) is 74.6 Å². The molecule has 0 atom stereocenters. The van der Waals surface area contributed by atoms with E-state index in [1.165, 1.54) is 25.0 Å². The van der Waals surface area contributed by atoms with E-state index in [1.807, 2.05) is 5.06 Å². The fraction of sp³-hybridized carbons (Fsp3) is 0.632. The highest BCUT2D eigenvalue weighted by Gasteiger charge is 2.33. The van der Waals surface area contributed by atoms with E-state index in [0.29, 0.717) is 0 Å². The van der Waals surface area contributed by atoms with Crippen molar-refractivity contribution in [1.82, 2.24) is 5.06 Å². The minimum absolute atomic E-state index is 0.0316. The molecule has 0 spiro atoms. The zero-order valence-corrected chi connectivity index (χ0v) is 14.6. The first-order chi connectivity index (χ1) is 12.2. The number of para-hydroxylation sites is 1. The first kappa shape index (κ1) is 17.9. The predicted molar refractivity (Wildman–Crippen MR) is 94.1 cm³/mol. The maximum Gasteiger partial charge on any atom is 0.364 e. The van der Waals surface area contributed by atoms with Gasteiger partial charge in [0.05, 0.1) is 4.92 Å². The first-order valence-corrected chi connectivity index (χ1v) is 9.41. The molecular weight excluding hydrogens is 320 g/mol. The summed E-state index contributed by atoms with van der Waals surface area (Å²) in [4.78, 5) is 29.2. The number of hydrogen-bond acceptors (Lipinski definition) is 5. The summed E-state index contributed by atoms with van der Waals surface area (Å²) in [7, 11) is 0.